The van der Waals surface area contributed by atoms with Crippen LogP contribution in [0.15, 0.2) is 47.4 Å². The molecule has 6 nitrogen and oxygen atoms in total. The van der Waals surface area contributed by atoms with Crippen molar-refractivity contribution >= 4 is 33.3 Å². The third-order valence-corrected chi connectivity index (χ3v) is 7.27. The number of nitrogens with zero attached hydrogens (tertiary/aromatic N) is 1. The molecule has 0 radical (unpaired) electrons. The number of nitrogens with one attached hydrogen (secondary N) is 1. The Bertz CT molecular complexity index is 1010. The number of carbonyl (C=O) groups is 1. The summed E-state index contributed by atoms with van der Waals surface area (Å²) in [5.41, 5.74) is 2.02. The topological polar surface area (TPSA) is 75.7 Å². The van der Waals surface area contributed by atoms with E-state index in [1.54, 1.807) is 6.92 Å². The lowest BCUT2D eigenvalue weighted by Crippen LogP contribution is -2.34. The molecule has 1 saturated heterocycles. The van der Waals surface area contributed by atoms with Gasteiger partial charge in [0.15, 0.2) is 0 Å². The molecular weight excluding hydrogens is 424 g/mol. The summed E-state index contributed by atoms with van der Waals surface area (Å²) < 4.78 is 33.0. The van der Waals surface area contributed by atoms with E-state index in [1.807, 2.05) is 24.3 Å². The number of rotatable bonds is 6. The van der Waals surface area contributed by atoms with Gasteiger partial charge in [0.1, 0.15) is 0 Å². The SMILES string of the molecule is COC(=O)c1cc(S(=O)(=O)N[C@@H](C)c2ccc(N3CCC[C@H](C)C3)cc2)ccc1Cl. The molecule has 8 heteroatoms. The Hall–Kier alpha value is -2.09. The molecule has 0 bridgehead atoms. The summed E-state index contributed by atoms with van der Waals surface area (Å²) >= 11 is 5.99. The van der Waals surface area contributed by atoms with Gasteiger partial charge in [-0.05, 0) is 61.6 Å². The van der Waals surface area contributed by atoms with Gasteiger partial charge in [-0.25, -0.2) is 17.9 Å². The number of halogens is 1. The molecule has 162 valence electrons. The van der Waals surface area contributed by atoms with Gasteiger partial charge in [-0.2, -0.15) is 0 Å². The summed E-state index contributed by atoms with van der Waals surface area (Å²) in [6, 6.07) is 11.5. The zero-order chi connectivity index (χ0) is 21.9. The lowest BCUT2D eigenvalue weighted by Gasteiger charge is -2.33. The Balaban J connectivity index is 1.75. The molecule has 0 unspecified atom stereocenters. The third-order valence-electron chi connectivity index (χ3n) is 5.40. The van der Waals surface area contributed by atoms with E-state index in [0.717, 1.165) is 24.3 Å². The van der Waals surface area contributed by atoms with Gasteiger partial charge in [0.25, 0.3) is 0 Å². The average Bonchev–Trinajstić information content (AvgIpc) is 2.73. The van der Waals surface area contributed by atoms with E-state index in [2.05, 4.69) is 21.3 Å². The van der Waals surface area contributed by atoms with Gasteiger partial charge in [0.05, 0.1) is 22.6 Å². The van der Waals surface area contributed by atoms with Crippen LogP contribution in [0.3, 0.4) is 0 Å². The van der Waals surface area contributed by atoms with E-state index in [4.69, 9.17) is 11.6 Å². The van der Waals surface area contributed by atoms with Crippen LogP contribution in [0.4, 0.5) is 5.69 Å². The van der Waals surface area contributed by atoms with Crippen LogP contribution in [-0.4, -0.2) is 34.6 Å². The van der Waals surface area contributed by atoms with Crippen LogP contribution in [0.1, 0.15) is 48.7 Å². The van der Waals surface area contributed by atoms with E-state index in [0.29, 0.717) is 5.92 Å². The first-order chi connectivity index (χ1) is 14.2. The van der Waals surface area contributed by atoms with Crippen molar-refractivity contribution in [2.45, 2.75) is 37.6 Å². The minimum absolute atomic E-state index is 0.00908. The van der Waals surface area contributed by atoms with Crippen molar-refractivity contribution in [1.29, 1.82) is 0 Å². The first kappa shape index (κ1) is 22.6. The number of carbonyl (C=O) groups excluding carboxylic acids is 1. The molecule has 1 heterocycles. The van der Waals surface area contributed by atoms with Crippen molar-refractivity contribution in [2.75, 3.05) is 25.1 Å². The molecule has 2 atom stereocenters. The number of benzene rings is 2. The molecule has 0 amide bonds. The Morgan fingerprint density at radius 3 is 2.57 bits per heavy atom. The fourth-order valence-corrected chi connectivity index (χ4v) is 5.16. The molecule has 0 saturated carbocycles. The van der Waals surface area contributed by atoms with Crippen LogP contribution in [0.2, 0.25) is 5.02 Å². The van der Waals surface area contributed by atoms with Gasteiger partial charge < -0.3 is 9.64 Å². The normalized spacial score (nSPS) is 18.1. The molecule has 1 aliphatic rings. The van der Waals surface area contributed by atoms with Crippen molar-refractivity contribution in [1.82, 2.24) is 4.72 Å². The van der Waals surface area contributed by atoms with Crippen LogP contribution in [0.25, 0.3) is 0 Å². The van der Waals surface area contributed by atoms with E-state index in [1.165, 1.54) is 38.2 Å². The number of anilines is 1. The molecular formula is C22H27ClN2O4S. The number of ether oxygens (including phenoxy) is 1. The van der Waals surface area contributed by atoms with Crippen molar-refractivity contribution in [3.63, 3.8) is 0 Å². The second-order valence-corrected chi connectivity index (χ2v) is 9.88. The molecule has 0 spiro atoms. The number of piperidine rings is 1. The standard InChI is InChI=1S/C22H27ClN2O4S/c1-15-5-4-12-25(14-15)18-8-6-17(7-9-18)16(2)24-30(27,28)19-10-11-21(23)20(13-19)22(26)29-3/h6-11,13,15-16,24H,4-5,12,14H2,1-3H3/t15-,16-/m0/s1. The van der Waals surface area contributed by atoms with Crippen LogP contribution in [0.5, 0.6) is 0 Å². The maximum atomic E-state index is 12.8. The number of hydrogen-bond donors (Lipinski definition) is 1. The average molecular weight is 451 g/mol. The summed E-state index contributed by atoms with van der Waals surface area (Å²) in [5.74, 6) is -0.00821. The van der Waals surface area contributed by atoms with Crippen molar-refractivity contribution < 1.29 is 17.9 Å². The largest absolute Gasteiger partial charge is 0.465 e. The lowest BCUT2D eigenvalue weighted by atomic mass is 9.99. The van der Waals surface area contributed by atoms with E-state index in [9.17, 15) is 13.2 Å². The molecule has 30 heavy (non-hydrogen) atoms. The highest BCUT2D eigenvalue weighted by Crippen LogP contribution is 2.26. The number of sulfonamides is 1. The van der Waals surface area contributed by atoms with Crippen LogP contribution < -0.4 is 9.62 Å². The maximum absolute atomic E-state index is 12.8. The highest BCUT2D eigenvalue weighted by molar-refractivity contribution is 7.89. The Labute approximate surface area is 183 Å². The van der Waals surface area contributed by atoms with Crippen molar-refractivity contribution in [3.05, 3.63) is 58.6 Å². The Morgan fingerprint density at radius 2 is 1.93 bits per heavy atom. The van der Waals surface area contributed by atoms with E-state index in [-0.39, 0.29) is 15.5 Å². The highest BCUT2D eigenvalue weighted by atomic mass is 35.5. The first-order valence-corrected chi connectivity index (χ1v) is 11.8. The highest BCUT2D eigenvalue weighted by Gasteiger charge is 2.22. The summed E-state index contributed by atoms with van der Waals surface area (Å²) in [6.45, 7) is 6.14. The van der Waals surface area contributed by atoms with Gasteiger partial charge in [0, 0.05) is 24.8 Å². The fraction of sp³-hybridized carbons (Fsp3) is 0.409. The summed E-state index contributed by atoms with van der Waals surface area (Å²) in [4.78, 5) is 14.1. The molecule has 3 rings (SSSR count). The third kappa shape index (κ3) is 5.14. The first-order valence-electron chi connectivity index (χ1n) is 9.96. The van der Waals surface area contributed by atoms with Gasteiger partial charge in [0.2, 0.25) is 10.0 Å². The Morgan fingerprint density at radius 1 is 1.23 bits per heavy atom. The predicted molar refractivity (Wildman–Crippen MR) is 119 cm³/mol. The minimum Gasteiger partial charge on any atom is -0.465 e. The maximum Gasteiger partial charge on any atom is 0.339 e. The molecule has 0 aliphatic carbocycles. The lowest BCUT2D eigenvalue weighted by molar-refractivity contribution is 0.0600. The minimum atomic E-state index is -3.85. The van der Waals surface area contributed by atoms with E-state index >= 15 is 0 Å². The van der Waals surface area contributed by atoms with Crippen molar-refractivity contribution in [2.24, 2.45) is 5.92 Å². The van der Waals surface area contributed by atoms with Crippen LogP contribution in [-0.2, 0) is 14.8 Å². The summed E-state index contributed by atoms with van der Waals surface area (Å²) in [7, 11) is -2.64. The predicted octanol–water partition coefficient (Wildman–Crippen LogP) is 4.40. The van der Waals surface area contributed by atoms with Gasteiger partial charge in [-0.1, -0.05) is 30.7 Å². The summed E-state index contributed by atoms with van der Waals surface area (Å²) in [5, 5.41) is 0.136. The molecule has 1 fully saturated rings. The zero-order valence-corrected chi connectivity index (χ0v) is 19.0. The van der Waals surface area contributed by atoms with Gasteiger partial charge in [-0.3, -0.25) is 0 Å². The molecule has 1 N–H and O–H groups in total. The molecule has 1 aliphatic heterocycles. The summed E-state index contributed by atoms with van der Waals surface area (Å²) in [6.07, 6.45) is 2.45. The quantitative estimate of drug-likeness (QED) is 0.660. The molecule has 2 aromatic carbocycles. The second kappa shape index (κ2) is 9.37. The zero-order valence-electron chi connectivity index (χ0n) is 17.4. The Kier molecular flexibility index (Phi) is 7.06. The smallest absolute Gasteiger partial charge is 0.339 e. The number of hydrogen-bond acceptors (Lipinski definition) is 5. The van der Waals surface area contributed by atoms with Crippen LogP contribution >= 0.6 is 11.6 Å². The van der Waals surface area contributed by atoms with Gasteiger partial charge in [-0.15, -0.1) is 0 Å². The fourth-order valence-electron chi connectivity index (χ4n) is 3.70. The number of methoxy groups -OCH3 is 1. The van der Waals surface area contributed by atoms with Gasteiger partial charge >= 0.3 is 5.97 Å². The molecule has 2 aromatic rings. The van der Waals surface area contributed by atoms with E-state index < -0.39 is 22.0 Å². The number of esters is 1. The monoisotopic (exact) mass is 450 g/mol. The molecule has 0 aromatic heterocycles. The van der Waals surface area contributed by atoms with Crippen molar-refractivity contribution in [3.8, 4) is 0 Å². The van der Waals surface area contributed by atoms with Crippen LogP contribution in [0, 0.1) is 5.92 Å². The second-order valence-electron chi connectivity index (χ2n) is 7.76.